The van der Waals surface area contributed by atoms with E-state index >= 15 is 0 Å². The number of aromatic hydroxyl groups is 1. The van der Waals surface area contributed by atoms with E-state index in [4.69, 9.17) is 16.3 Å². The monoisotopic (exact) mass is 302 g/mol. The fourth-order valence-electron chi connectivity index (χ4n) is 2.96. The maximum absolute atomic E-state index is 13.8. The van der Waals surface area contributed by atoms with E-state index in [2.05, 4.69) is 0 Å². The maximum atomic E-state index is 13.8. The lowest BCUT2D eigenvalue weighted by Crippen LogP contribution is -2.38. The molecule has 1 aliphatic rings. The van der Waals surface area contributed by atoms with Gasteiger partial charge in [-0.1, -0.05) is 30.9 Å². The molecule has 1 saturated carbocycles. The minimum Gasteiger partial charge on any atom is -0.504 e. The number of methoxy groups -OCH3 is 1. The summed E-state index contributed by atoms with van der Waals surface area (Å²) in [6.07, 6.45) is 3.05. The molecular weight excluding hydrogens is 287 g/mol. The van der Waals surface area contributed by atoms with Crippen molar-refractivity contribution in [3.8, 4) is 11.5 Å². The van der Waals surface area contributed by atoms with Gasteiger partial charge in [0.05, 0.1) is 17.5 Å². The number of carboxylic acids is 1. The number of halogens is 2. The number of hydrogen-bond donors (Lipinski definition) is 2. The minimum absolute atomic E-state index is 0.0476. The lowest BCUT2D eigenvalue weighted by Gasteiger charge is -2.35. The predicted octanol–water partition coefficient (Wildman–Crippen LogP) is 3.48. The van der Waals surface area contributed by atoms with Crippen LogP contribution in [0.1, 0.15) is 37.7 Å². The third-order valence-corrected chi connectivity index (χ3v) is 4.32. The third kappa shape index (κ3) is 2.20. The molecule has 4 nitrogen and oxygen atoms in total. The van der Waals surface area contributed by atoms with Crippen LogP contribution in [0.2, 0.25) is 5.02 Å². The lowest BCUT2D eigenvalue weighted by atomic mass is 9.69. The first kappa shape index (κ1) is 14.9. The molecule has 0 amide bonds. The van der Waals surface area contributed by atoms with E-state index in [-0.39, 0.29) is 16.3 Å². The van der Waals surface area contributed by atoms with Crippen LogP contribution in [-0.4, -0.2) is 23.3 Å². The Labute approximate surface area is 121 Å². The highest BCUT2D eigenvalue weighted by molar-refractivity contribution is 6.32. The number of benzene rings is 1. The molecule has 0 atom stereocenters. The van der Waals surface area contributed by atoms with Crippen LogP contribution in [0.25, 0.3) is 0 Å². The molecule has 0 heterocycles. The van der Waals surface area contributed by atoms with Crippen molar-refractivity contribution in [2.24, 2.45) is 0 Å². The van der Waals surface area contributed by atoms with Crippen LogP contribution in [0, 0.1) is 5.82 Å². The van der Waals surface area contributed by atoms with Gasteiger partial charge in [-0.15, -0.1) is 0 Å². The van der Waals surface area contributed by atoms with Gasteiger partial charge in [0.15, 0.2) is 11.5 Å². The lowest BCUT2D eigenvalue weighted by molar-refractivity contribution is -0.145. The second-order valence-electron chi connectivity index (χ2n) is 5.05. The van der Waals surface area contributed by atoms with Crippen LogP contribution >= 0.6 is 11.6 Å². The SMILES string of the molecule is COc1c(O)cc(F)c(Cl)c1C1(C(=O)O)CCCCC1. The van der Waals surface area contributed by atoms with Crippen LogP contribution in [0.3, 0.4) is 0 Å². The molecule has 20 heavy (non-hydrogen) atoms. The highest BCUT2D eigenvalue weighted by Gasteiger charge is 2.46. The fourth-order valence-corrected chi connectivity index (χ4v) is 3.28. The van der Waals surface area contributed by atoms with E-state index in [1.54, 1.807) is 0 Å². The Hall–Kier alpha value is -1.49. The van der Waals surface area contributed by atoms with E-state index in [1.807, 2.05) is 0 Å². The molecule has 1 aromatic carbocycles. The second kappa shape index (κ2) is 5.48. The molecule has 0 aliphatic heterocycles. The third-order valence-electron chi connectivity index (χ3n) is 3.95. The number of phenolic OH excluding ortho intramolecular Hbond substituents is 1. The predicted molar refractivity (Wildman–Crippen MR) is 72.0 cm³/mol. The molecule has 0 saturated heterocycles. The normalized spacial score (nSPS) is 17.8. The molecular formula is C14H16ClFO4. The molecule has 0 spiro atoms. The summed E-state index contributed by atoms with van der Waals surface area (Å²) in [5, 5.41) is 19.2. The van der Waals surface area contributed by atoms with Crippen molar-refractivity contribution in [3.05, 3.63) is 22.5 Å². The van der Waals surface area contributed by atoms with Crippen LogP contribution in [0.15, 0.2) is 6.07 Å². The Balaban J connectivity index is 2.73. The van der Waals surface area contributed by atoms with Crippen molar-refractivity contribution in [1.82, 2.24) is 0 Å². The maximum Gasteiger partial charge on any atom is 0.314 e. The fraction of sp³-hybridized carbons (Fsp3) is 0.500. The zero-order valence-corrected chi connectivity index (χ0v) is 11.8. The molecule has 1 aliphatic carbocycles. The van der Waals surface area contributed by atoms with Gasteiger partial charge in [-0.05, 0) is 12.8 Å². The molecule has 0 bridgehead atoms. The largest absolute Gasteiger partial charge is 0.504 e. The number of hydrogen-bond acceptors (Lipinski definition) is 3. The Bertz CT molecular complexity index is 538. The molecule has 1 fully saturated rings. The summed E-state index contributed by atoms with van der Waals surface area (Å²) in [6.45, 7) is 0. The van der Waals surface area contributed by atoms with Crippen molar-refractivity contribution in [2.45, 2.75) is 37.5 Å². The van der Waals surface area contributed by atoms with Crippen molar-refractivity contribution >= 4 is 17.6 Å². The van der Waals surface area contributed by atoms with E-state index in [1.165, 1.54) is 7.11 Å². The van der Waals surface area contributed by atoms with Gasteiger partial charge in [-0.25, -0.2) is 4.39 Å². The van der Waals surface area contributed by atoms with Gasteiger partial charge >= 0.3 is 5.97 Å². The van der Waals surface area contributed by atoms with Crippen LogP contribution < -0.4 is 4.74 Å². The molecule has 0 unspecified atom stereocenters. The van der Waals surface area contributed by atoms with Gasteiger partial charge in [0, 0.05) is 11.6 Å². The average Bonchev–Trinajstić information content (AvgIpc) is 2.43. The van der Waals surface area contributed by atoms with Crippen molar-refractivity contribution < 1.29 is 24.1 Å². The number of carbonyl (C=O) groups is 1. The van der Waals surface area contributed by atoms with Crippen LogP contribution in [0.5, 0.6) is 11.5 Å². The van der Waals surface area contributed by atoms with Gasteiger partial charge < -0.3 is 14.9 Å². The van der Waals surface area contributed by atoms with Gasteiger partial charge in [-0.2, -0.15) is 0 Å². The first-order valence-electron chi connectivity index (χ1n) is 6.43. The highest BCUT2D eigenvalue weighted by Crippen LogP contribution is 2.50. The Kier molecular flexibility index (Phi) is 4.09. The number of carboxylic acid groups (broad SMARTS) is 1. The Morgan fingerprint density at radius 1 is 1.40 bits per heavy atom. The Morgan fingerprint density at radius 2 is 2.00 bits per heavy atom. The first-order valence-corrected chi connectivity index (χ1v) is 6.80. The summed E-state index contributed by atoms with van der Waals surface area (Å²) in [4.78, 5) is 11.8. The standard InChI is InChI=1S/C14H16ClFO4/c1-20-12-9(17)7-8(16)11(15)10(12)14(13(18)19)5-3-2-4-6-14/h7,17H,2-6H2,1H3,(H,18,19). The van der Waals surface area contributed by atoms with Crippen LogP contribution in [0.4, 0.5) is 4.39 Å². The number of rotatable bonds is 3. The number of aliphatic carboxylic acids is 1. The topological polar surface area (TPSA) is 66.8 Å². The molecule has 2 N–H and O–H groups in total. The Morgan fingerprint density at radius 3 is 2.50 bits per heavy atom. The highest BCUT2D eigenvalue weighted by atomic mass is 35.5. The van der Waals surface area contributed by atoms with E-state index in [0.29, 0.717) is 25.7 Å². The van der Waals surface area contributed by atoms with Gasteiger partial charge in [-0.3, -0.25) is 4.79 Å². The molecule has 1 aromatic rings. The zero-order chi connectivity index (χ0) is 14.9. The zero-order valence-electron chi connectivity index (χ0n) is 11.1. The minimum atomic E-state index is -1.31. The van der Waals surface area contributed by atoms with E-state index < -0.39 is 23.0 Å². The smallest absolute Gasteiger partial charge is 0.314 e. The van der Waals surface area contributed by atoms with Gasteiger partial charge in [0.1, 0.15) is 5.82 Å². The molecule has 0 radical (unpaired) electrons. The van der Waals surface area contributed by atoms with Gasteiger partial charge in [0.2, 0.25) is 0 Å². The quantitative estimate of drug-likeness (QED) is 0.897. The second-order valence-corrected chi connectivity index (χ2v) is 5.43. The van der Waals surface area contributed by atoms with Crippen LogP contribution in [-0.2, 0) is 10.2 Å². The molecule has 2 rings (SSSR count). The summed E-state index contributed by atoms with van der Waals surface area (Å²) < 4.78 is 18.9. The molecule has 0 aromatic heterocycles. The summed E-state index contributed by atoms with van der Waals surface area (Å²) in [6, 6.07) is 0.836. The summed E-state index contributed by atoms with van der Waals surface area (Å²) in [5.41, 5.74) is -1.26. The first-order chi connectivity index (χ1) is 9.44. The average molecular weight is 303 g/mol. The van der Waals surface area contributed by atoms with Crippen molar-refractivity contribution in [3.63, 3.8) is 0 Å². The van der Waals surface area contributed by atoms with E-state index in [0.717, 1.165) is 12.5 Å². The van der Waals surface area contributed by atoms with Crippen molar-refractivity contribution in [2.75, 3.05) is 7.11 Å². The number of ether oxygens (including phenoxy) is 1. The molecule has 110 valence electrons. The van der Waals surface area contributed by atoms with Gasteiger partial charge in [0.25, 0.3) is 0 Å². The summed E-state index contributed by atoms with van der Waals surface area (Å²) in [7, 11) is 1.30. The summed E-state index contributed by atoms with van der Waals surface area (Å²) in [5.74, 6) is -2.40. The van der Waals surface area contributed by atoms with E-state index in [9.17, 15) is 19.4 Å². The number of phenols is 1. The molecule has 6 heteroatoms. The van der Waals surface area contributed by atoms with Crippen molar-refractivity contribution in [1.29, 1.82) is 0 Å². The summed E-state index contributed by atoms with van der Waals surface area (Å²) >= 11 is 5.99.